The van der Waals surface area contributed by atoms with Crippen molar-refractivity contribution in [3.05, 3.63) is 35.9 Å². The summed E-state index contributed by atoms with van der Waals surface area (Å²) < 4.78 is 0. The number of nitrogens with one attached hydrogen (secondary N) is 2. The van der Waals surface area contributed by atoms with Crippen LogP contribution in [0.25, 0.3) is 0 Å². The van der Waals surface area contributed by atoms with E-state index in [2.05, 4.69) is 22.8 Å². The highest BCUT2D eigenvalue weighted by Gasteiger charge is 2.16. The summed E-state index contributed by atoms with van der Waals surface area (Å²) >= 11 is 0. The molecule has 0 radical (unpaired) electrons. The van der Waals surface area contributed by atoms with Crippen molar-refractivity contribution in [3.8, 4) is 0 Å². The largest absolute Gasteiger partial charge is 0.335 e. The van der Waals surface area contributed by atoms with E-state index in [4.69, 9.17) is 0 Å². The molecule has 1 fully saturated rings. The lowest BCUT2D eigenvalue weighted by molar-refractivity contribution is 0.229. The summed E-state index contributed by atoms with van der Waals surface area (Å²) in [5, 5.41) is 6.11. The van der Waals surface area contributed by atoms with Crippen LogP contribution in [0.15, 0.2) is 30.3 Å². The lowest BCUT2D eigenvalue weighted by Crippen LogP contribution is -2.46. The topological polar surface area (TPSA) is 41.1 Å². The van der Waals surface area contributed by atoms with Crippen LogP contribution in [0.5, 0.6) is 0 Å². The molecule has 1 aromatic carbocycles. The van der Waals surface area contributed by atoms with Gasteiger partial charge in [-0.05, 0) is 31.7 Å². The lowest BCUT2D eigenvalue weighted by atomic mass is 9.96. The first-order valence-corrected chi connectivity index (χ1v) is 7.35. The average molecular weight is 260 g/mol. The van der Waals surface area contributed by atoms with Gasteiger partial charge in [0, 0.05) is 12.1 Å². The molecule has 0 aromatic heterocycles. The van der Waals surface area contributed by atoms with Crippen molar-refractivity contribution in [3.63, 3.8) is 0 Å². The Bertz CT molecular complexity index is 385. The van der Waals surface area contributed by atoms with Crippen molar-refractivity contribution in [1.29, 1.82) is 0 Å². The number of benzene rings is 1. The van der Waals surface area contributed by atoms with Crippen molar-refractivity contribution >= 4 is 6.03 Å². The van der Waals surface area contributed by atoms with Gasteiger partial charge in [0.1, 0.15) is 0 Å². The smallest absolute Gasteiger partial charge is 0.315 e. The zero-order chi connectivity index (χ0) is 13.5. The van der Waals surface area contributed by atoms with Gasteiger partial charge in [0.2, 0.25) is 0 Å². The normalized spacial score (nSPS) is 17.7. The Kier molecular flexibility index (Phi) is 5.25. The van der Waals surface area contributed by atoms with Gasteiger partial charge in [-0.25, -0.2) is 4.79 Å². The Labute approximate surface area is 115 Å². The molecule has 0 aliphatic heterocycles. The molecule has 2 N–H and O–H groups in total. The first-order valence-electron chi connectivity index (χ1n) is 7.35. The summed E-state index contributed by atoms with van der Waals surface area (Å²) in [6, 6.07) is 10.8. The number of hydrogen-bond donors (Lipinski definition) is 2. The van der Waals surface area contributed by atoms with E-state index in [1.165, 1.54) is 24.8 Å². The molecule has 1 atom stereocenters. The summed E-state index contributed by atoms with van der Waals surface area (Å²) in [5.41, 5.74) is 1.26. The molecule has 1 saturated carbocycles. The molecule has 1 unspecified atom stereocenters. The first-order chi connectivity index (χ1) is 9.24. The second-order valence-corrected chi connectivity index (χ2v) is 5.54. The van der Waals surface area contributed by atoms with E-state index >= 15 is 0 Å². The maximum Gasteiger partial charge on any atom is 0.315 e. The summed E-state index contributed by atoms with van der Waals surface area (Å²) in [6.07, 6.45) is 6.92. The summed E-state index contributed by atoms with van der Waals surface area (Å²) in [4.78, 5) is 11.9. The second kappa shape index (κ2) is 7.17. The minimum absolute atomic E-state index is 0.0182. The highest BCUT2D eigenvalue weighted by atomic mass is 16.2. The van der Waals surface area contributed by atoms with Crippen LogP contribution in [-0.2, 0) is 6.42 Å². The maximum atomic E-state index is 11.9. The Morgan fingerprint density at radius 3 is 2.58 bits per heavy atom. The quantitative estimate of drug-likeness (QED) is 0.857. The molecule has 0 heterocycles. The monoisotopic (exact) mass is 260 g/mol. The fourth-order valence-electron chi connectivity index (χ4n) is 2.72. The van der Waals surface area contributed by atoms with E-state index in [-0.39, 0.29) is 12.1 Å². The molecule has 2 rings (SSSR count). The minimum atomic E-state index is -0.0182. The van der Waals surface area contributed by atoms with Crippen LogP contribution in [0.4, 0.5) is 4.79 Å². The highest BCUT2D eigenvalue weighted by Crippen LogP contribution is 2.17. The van der Waals surface area contributed by atoms with Crippen molar-refractivity contribution in [2.75, 3.05) is 0 Å². The SMILES string of the molecule is CC(Cc1ccccc1)NC(=O)NC1CCCCC1. The zero-order valence-corrected chi connectivity index (χ0v) is 11.7. The third-order valence-electron chi connectivity index (χ3n) is 3.70. The Morgan fingerprint density at radius 1 is 1.21 bits per heavy atom. The highest BCUT2D eigenvalue weighted by molar-refractivity contribution is 5.74. The summed E-state index contributed by atoms with van der Waals surface area (Å²) in [5.74, 6) is 0. The van der Waals surface area contributed by atoms with Crippen molar-refractivity contribution in [2.45, 2.75) is 57.5 Å². The van der Waals surface area contributed by atoms with Gasteiger partial charge in [0.25, 0.3) is 0 Å². The van der Waals surface area contributed by atoms with Gasteiger partial charge in [0.15, 0.2) is 0 Å². The minimum Gasteiger partial charge on any atom is -0.335 e. The van der Waals surface area contributed by atoms with E-state index < -0.39 is 0 Å². The molecule has 3 nitrogen and oxygen atoms in total. The number of amides is 2. The van der Waals surface area contributed by atoms with Crippen molar-refractivity contribution < 1.29 is 4.79 Å². The molecule has 1 aliphatic rings. The Morgan fingerprint density at radius 2 is 1.89 bits per heavy atom. The van der Waals surface area contributed by atoms with Gasteiger partial charge in [-0.15, -0.1) is 0 Å². The van der Waals surface area contributed by atoms with Gasteiger partial charge in [-0.2, -0.15) is 0 Å². The van der Waals surface area contributed by atoms with Gasteiger partial charge >= 0.3 is 6.03 Å². The Hall–Kier alpha value is -1.51. The molecule has 2 amide bonds. The van der Waals surface area contributed by atoms with E-state index in [1.54, 1.807) is 0 Å². The molecular formula is C16H24N2O. The van der Waals surface area contributed by atoms with E-state index in [0.29, 0.717) is 6.04 Å². The average Bonchev–Trinajstić information content (AvgIpc) is 2.40. The third-order valence-corrected chi connectivity index (χ3v) is 3.70. The molecule has 1 aliphatic carbocycles. The second-order valence-electron chi connectivity index (χ2n) is 5.54. The summed E-state index contributed by atoms with van der Waals surface area (Å²) in [6.45, 7) is 2.05. The van der Waals surface area contributed by atoms with Crippen molar-refractivity contribution in [1.82, 2.24) is 10.6 Å². The number of rotatable bonds is 4. The lowest BCUT2D eigenvalue weighted by Gasteiger charge is -2.24. The van der Waals surface area contributed by atoms with E-state index in [9.17, 15) is 4.79 Å². The van der Waals surface area contributed by atoms with Gasteiger partial charge in [-0.3, -0.25) is 0 Å². The maximum absolute atomic E-state index is 11.9. The number of carbonyl (C=O) groups excluding carboxylic acids is 1. The predicted molar refractivity (Wildman–Crippen MR) is 78.1 cm³/mol. The molecule has 19 heavy (non-hydrogen) atoms. The van der Waals surface area contributed by atoms with Crippen LogP contribution in [-0.4, -0.2) is 18.1 Å². The van der Waals surface area contributed by atoms with Crippen LogP contribution in [0.3, 0.4) is 0 Å². The van der Waals surface area contributed by atoms with Crippen molar-refractivity contribution in [2.24, 2.45) is 0 Å². The van der Waals surface area contributed by atoms with Crippen LogP contribution in [0.2, 0.25) is 0 Å². The molecular weight excluding hydrogens is 236 g/mol. The summed E-state index contributed by atoms with van der Waals surface area (Å²) in [7, 11) is 0. The van der Waals surface area contributed by atoms with Gasteiger partial charge < -0.3 is 10.6 Å². The third kappa shape index (κ3) is 4.93. The van der Waals surface area contributed by atoms with Crippen LogP contribution in [0, 0.1) is 0 Å². The molecule has 104 valence electrons. The van der Waals surface area contributed by atoms with Gasteiger partial charge in [-0.1, -0.05) is 49.6 Å². The molecule has 0 spiro atoms. The number of urea groups is 1. The Balaban J connectivity index is 1.72. The number of hydrogen-bond acceptors (Lipinski definition) is 1. The fourth-order valence-corrected chi connectivity index (χ4v) is 2.72. The first kappa shape index (κ1) is 13.9. The van der Waals surface area contributed by atoms with Crippen LogP contribution >= 0.6 is 0 Å². The molecule has 3 heteroatoms. The van der Waals surface area contributed by atoms with Crippen LogP contribution in [0.1, 0.15) is 44.6 Å². The molecule has 0 saturated heterocycles. The zero-order valence-electron chi connectivity index (χ0n) is 11.7. The van der Waals surface area contributed by atoms with Gasteiger partial charge in [0.05, 0.1) is 0 Å². The standard InChI is InChI=1S/C16H24N2O/c1-13(12-14-8-4-2-5-9-14)17-16(19)18-15-10-6-3-7-11-15/h2,4-5,8-9,13,15H,3,6-7,10-12H2,1H3,(H2,17,18,19). The van der Waals surface area contributed by atoms with E-state index in [0.717, 1.165) is 19.3 Å². The predicted octanol–water partition coefficient (Wildman–Crippen LogP) is 3.25. The van der Waals surface area contributed by atoms with Crippen LogP contribution < -0.4 is 10.6 Å². The fraction of sp³-hybridized carbons (Fsp3) is 0.562. The molecule has 0 bridgehead atoms. The molecule has 1 aromatic rings. The number of carbonyl (C=O) groups is 1. The van der Waals surface area contributed by atoms with E-state index in [1.807, 2.05) is 25.1 Å².